The van der Waals surface area contributed by atoms with Crippen LogP contribution < -0.4 is 9.64 Å². The highest BCUT2D eigenvalue weighted by atomic mass is 16.5. The fraction of sp³-hybridized carbons (Fsp3) is 0.517. The molecule has 1 aliphatic carbocycles. The Balaban J connectivity index is 1.07. The first-order valence-corrected chi connectivity index (χ1v) is 13.4. The van der Waals surface area contributed by atoms with E-state index in [1.807, 2.05) is 12.4 Å². The molecule has 2 aromatic rings. The van der Waals surface area contributed by atoms with Gasteiger partial charge >= 0.3 is 0 Å². The fourth-order valence-electron chi connectivity index (χ4n) is 5.37. The highest BCUT2D eigenvalue weighted by Crippen LogP contribution is 2.32. The van der Waals surface area contributed by atoms with Crippen molar-refractivity contribution in [2.24, 2.45) is 11.8 Å². The van der Waals surface area contributed by atoms with Crippen molar-refractivity contribution in [2.75, 3.05) is 37.7 Å². The molecule has 1 aromatic carbocycles. The number of Topliss-reactive ketones (excluding diaryl/α,β-unsaturated/α-hetero) is 1. The second-order valence-corrected chi connectivity index (χ2v) is 10.3. The Bertz CT molecular complexity index is 1090. The molecule has 0 spiro atoms. The topological polar surface area (TPSA) is 75.6 Å². The first-order valence-electron chi connectivity index (χ1n) is 13.4. The van der Waals surface area contributed by atoms with Crippen LogP contribution in [0, 0.1) is 11.8 Å². The van der Waals surface area contributed by atoms with E-state index in [2.05, 4.69) is 52.1 Å². The zero-order chi connectivity index (χ0) is 24.9. The molecule has 1 atom stereocenters. The average molecular weight is 489 g/mol. The molecule has 0 saturated carbocycles. The maximum atomic E-state index is 12.7. The fourth-order valence-corrected chi connectivity index (χ4v) is 5.37. The van der Waals surface area contributed by atoms with Gasteiger partial charge in [0.25, 0.3) is 0 Å². The summed E-state index contributed by atoms with van der Waals surface area (Å²) in [5.74, 6) is 2.61. The standard InChI is InChI=1S/C29H36N4O3/c1-2-21-17-30-29(31-18-21)32-14-11-22(12-15-32)20-36-27-9-7-24(8-10-27)23-3-5-25(6-4-23)28(35)33-16-13-26(34)19-33/h3,7-10,17-18,22,25H,2,4-6,11-16,19-20H2,1H3. The van der Waals surface area contributed by atoms with Gasteiger partial charge in [-0.3, -0.25) is 9.59 Å². The van der Waals surface area contributed by atoms with Crippen LogP contribution in [0.25, 0.3) is 5.57 Å². The lowest BCUT2D eigenvalue weighted by Gasteiger charge is -2.31. The highest BCUT2D eigenvalue weighted by molar-refractivity contribution is 5.90. The molecule has 2 saturated heterocycles. The monoisotopic (exact) mass is 488 g/mol. The number of piperidine rings is 1. The summed E-state index contributed by atoms with van der Waals surface area (Å²) in [6.45, 7) is 5.66. The summed E-state index contributed by atoms with van der Waals surface area (Å²) in [6.07, 6.45) is 12.2. The molecule has 5 rings (SSSR count). The average Bonchev–Trinajstić information content (AvgIpc) is 3.38. The third kappa shape index (κ3) is 5.77. The lowest BCUT2D eigenvalue weighted by Crippen LogP contribution is -2.36. The van der Waals surface area contributed by atoms with E-state index < -0.39 is 0 Å². The van der Waals surface area contributed by atoms with Gasteiger partial charge in [0.05, 0.1) is 13.2 Å². The lowest BCUT2D eigenvalue weighted by atomic mass is 9.86. The molecular formula is C29H36N4O3. The van der Waals surface area contributed by atoms with Gasteiger partial charge in [-0.2, -0.15) is 0 Å². The predicted octanol–water partition coefficient (Wildman–Crippen LogP) is 4.32. The Morgan fingerprint density at radius 1 is 1.03 bits per heavy atom. The van der Waals surface area contributed by atoms with Crippen LogP contribution >= 0.6 is 0 Å². The molecule has 2 fully saturated rings. The van der Waals surface area contributed by atoms with Crippen molar-refractivity contribution in [3.8, 4) is 5.75 Å². The summed E-state index contributed by atoms with van der Waals surface area (Å²) in [5, 5.41) is 0. The van der Waals surface area contributed by atoms with Crippen molar-refractivity contribution < 1.29 is 14.3 Å². The maximum Gasteiger partial charge on any atom is 0.226 e. The summed E-state index contributed by atoms with van der Waals surface area (Å²) in [5.41, 5.74) is 3.67. The van der Waals surface area contributed by atoms with E-state index in [1.165, 1.54) is 16.7 Å². The molecule has 36 heavy (non-hydrogen) atoms. The van der Waals surface area contributed by atoms with E-state index in [-0.39, 0.29) is 17.6 Å². The van der Waals surface area contributed by atoms with Crippen LogP contribution in [0.4, 0.5) is 5.95 Å². The van der Waals surface area contributed by atoms with Crippen molar-refractivity contribution in [3.63, 3.8) is 0 Å². The number of benzene rings is 1. The van der Waals surface area contributed by atoms with Gasteiger partial charge in [-0.15, -0.1) is 0 Å². The van der Waals surface area contributed by atoms with E-state index in [1.54, 1.807) is 4.90 Å². The second-order valence-electron chi connectivity index (χ2n) is 10.3. The zero-order valence-electron chi connectivity index (χ0n) is 21.2. The Labute approximate surface area is 213 Å². The quantitative estimate of drug-likeness (QED) is 0.578. The molecule has 0 N–H and O–H groups in total. The van der Waals surface area contributed by atoms with Crippen molar-refractivity contribution in [1.82, 2.24) is 14.9 Å². The van der Waals surface area contributed by atoms with Crippen molar-refractivity contribution in [2.45, 2.75) is 51.9 Å². The number of nitrogens with zero attached hydrogens (tertiary/aromatic N) is 4. The van der Waals surface area contributed by atoms with Gasteiger partial charge in [0.15, 0.2) is 5.78 Å². The van der Waals surface area contributed by atoms with Crippen LogP contribution in [0.2, 0.25) is 0 Å². The van der Waals surface area contributed by atoms with Crippen LogP contribution in [0.1, 0.15) is 56.6 Å². The number of aromatic nitrogens is 2. The number of ether oxygens (including phenoxy) is 1. The summed E-state index contributed by atoms with van der Waals surface area (Å²) in [6, 6.07) is 8.37. The normalized spacial score (nSPS) is 21.0. The Kier molecular flexibility index (Phi) is 7.63. The molecule has 3 heterocycles. The Morgan fingerprint density at radius 3 is 2.39 bits per heavy atom. The smallest absolute Gasteiger partial charge is 0.226 e. The Hall–Kier alpha value is -3.22. The van der Waals surface area contributed by atoms with Crippen LogP contribution in [-0.2, 0) is 16.0 Å². The third-order valence-electron chi connectivity index (χ3n) is 7.81. The zero-order valence-corrected chi connectivity index (χ0v) is 21.2. The molecule has 2 aliphatic heterocycles. The minimum absolute atomic E-state index is 0.0101. The molecular weight excluding hydrogens is 452 g/mol. The van der Waals surface area contributed by atoms with Crippen molar-refractivity contribution in [3.05, 3.63) is 53.9 Å². The number of carbonyl (C=O) groups is 2. The number of aryl methyl sites for hydroxylation is 1. The first-order chi connectivity index (χ1) is 17.6. The van der Waals surface area contributed by atoms with E-state index in [0.29, 0.717) is 25.4 Å². The molecule has 7 nitrogen and oxygen atoms in total. The summed E-state index contributed by atoms with van der Waals surface area (Å²) in [7, 11) is 0. The number of hydrogen-bond donors (Lipinski definition) is 0. The van der Waals surface area contributed by atoms with E-state index in [9.17, 15) is 9.59 Å². The van der Waals surface area contributed by atoms with Gasteiger partial charge in [0.2, 0.25) is 11.9 Å². The number of rotatable bonds is 7. The van der Waals surface area contributed by atoms with Gasteiger partial charge in [0.1, 0.15) is 5.75 Å². The molecule has 7 heteroatoms. The van der Waals surface area contributed by atoms with Crippen molar-refractivity contribution >= 4 is 23.2 Å². The molecule has 190 valence electrons. The maximum absolute atomic E-state index is 12.7. The lowest BCUT2D eigenvalue weighted by molar-refractivity contribution is -0.135. The van der Waals surface area contributed by atoms with Gasteiger partial charge in [-0.1, -0.05) is 25.1 Å². The van der Waals surface area contributed by atoms with Gasteiger partial charge < -0.3 is 14.5 Å². The highest BCUT2D eigenvalue weighted by Gasteiger charge is 2.30. The number of likely N-dealkylation sites (tertiary alicyclic amines) is 1. The van der Waals surface area contributed by atoms with Gasteiger partial charge in [-0.05, 0) is 73.3 Å². The predicted molar refractivity (Wildman–Crippen MR) is 140 cm³/mol. The molecule has 0 radical (unpaired) electrons. The van der Waals surface area contributed by atoms with E-state index in [4.69, 9.17) is 4.74 Å². The van der Waals surface area contributed by atoms with Crippen LogP contribution in [0.3, 0.4) is 0 Å². The summed E-state index contributed by atoms with van der Waals surface area (Å²) < 4.78 is 6.13. The molecule has 0 bridgehead atoms. The number of allylic oxidation sites excluding steroid dienone is 2. The minimum atomic E-state index is 0.0101. The van der Waals surface area contributed by atoms with Crippen molar-refractivity contribution in [1.29, 1.82) is 0 Å². The summed E-state index contributed by atoms with van der Waals surface area (Å²) >= 11 is 0. The molecule has 3 aliphatic rings. The number of hydrogen-bond acceptors (Lipinski definition) is 6. The van der Waals surface area contributed by atoms with E-state index in [0.717, 1.165) is 69.9 Å². The number of anilines is 1. The summed E-state index contributed by atoms with van der Waals surface area (Å²) in [4.78, 5) is 37.2. The largest absolute Gasteiger partial charge is 0.493 e. The van der Waals surface area contributed by atoms with Gasteiger partial charge in [0, 0.05) is 44.4 Å². The minimum Gasteiger partial charge on any atom is -0.493 e. The molecule has 1 aromatic heterocycles. The Morgan fingerprint density at radius 2 is 1.78 bits per heavy atom. The van der Waals surface area contributed by atoms with Crippen LogP contribution in [0.5, 0.6) is 5.75 Å². The van der Waals surface area contributed by atoms with Crippen LogP contribution in [0.15, 0.2) is 42.7 Å². The molecule has 1 unspecified atom stereocenters. The number of amides is 1. The number of carbonyl (C=O) groups excluding carboxylic acids is 2. The second kappa shape index (κ2) is 11.2. The number of ketones is 1. The SMILES string of the molecule is CCc1cnc(N2CCC(COc3ccc(C4=CCC(C(=O)N5CCC(=O)C5)CC4)cc3)CC2)nc1. The van der Waals surface area contributed by atoms with Gasteiger partial charge in [-0.25, -0.2) is 9.97 Å². The first kappa shape index (κ1) is 24.5. The molecule has 1 amide bonds. The van der Waals surface area contributed by atoms with E-state index >= 15 is 0 Å². The third-order valence-corrected chi connectivity index (χ3v) is 7.81. The van der Waals surface area contributed by atoms with Crippen LogP contribution in [-0.4, -0.2) is 59.3 Å².